The highest BCUT2D eigenvalue weighted by Gasteiger charge is 2.24. The summed E-state index contributed by atoms with van der Waals surface area (Å²) in [7, 11) is 0. The van der Waals surface area contributed by atoms with Crippen LogP contribution in [0.15, 0.2) is 18.2 Å². The zero-order chi connectivity index (χ0) is 17.6. The summed E-state index contributed by atoms with van der Waals surface area (Å²) in [6, 6.07) is 5.87. The predicted molar refractivity (Wildman–Crippen MR) is 92.5 cm³/mol. The molecule has 0 radical (unpaired) electrons. The van der Waals surface area contributed by atoms with Gasteiger partial charge in [-0.1, -0.05) is 6.07 Å². The lowest BCUT2D eigenvalue weighted by molar-refractivity contribution is -0.124. The molecule has 2 heterocycles. The number of likely N-dealkylation sites (tertiary alicyclic amines) is 1. The van der Waals surface area contributed by atoms with Crippen molar-refractivity contribution in [1.29, 1.82) is 0 Å². The molecular weight excluding hydrogens is 322 g/mol. The Bertz CT molecular complexity index is 627. The Labute approximate surface area is 147 Å². The molecule has 0 aromatic heterocycles. The fraction of sp³-hybridized carbons (Fsp3) is 0.556. The maximum atomic E-state index is 12.1. The quantitative estimate of drug-likeness (QED) is 0.773. The summed E-state index contributed by atoms with van der Waals surface area (Å²) in [5, 5.41) is 2.95. The lowest BCUT2D eigenvalue weighted by atomic mass is 9.96. The molecule has 1 aromatic rings. The van der Waals surface area contributed by atoms with E-state index in [1.54, 1.807) is 0 Å². The second kappa shape index (κ2) is 8.20. The normalized spacial score (nSPS) is 17.9. The van der Waals surface area contributed by atoms with E-state index >= 15 is 0 Å². The lowest BCUT2D eigenvalue weighted by Gasteiger charge is -2.29. The van der Waals surface area contributed by atoms with Gasteiger partial charge in [0.15, 0.2) is 11.5 Å². The number of hydrogen-bond donors (Lipinski definition) is 2. The van der Waals surface area contributed by atoms with E-state index in [0.29, 0.717) is 26.3 Å². The smallest absolute Gasteiger partial charge is 0.234 e. The van der Waals surface area contributed by atoms with Gasteiger partial charge >= 0.3 is 0 Å². The Hall–Kier alpha value is -2.28. The summed E-state index contributed by atoms with van der Waals surface area (Å²) < 4.78 is 11.1. The first-order chi connectivity index (χ1) is 12.1. The van der Waals surface area contributed by atoms with Gasteiger partial charge in [0.25, 0.3) is 0 Å². The summed E-state index contributed by atoms with van der Waals surface area (Å²) in [5.41, 5.74) is 6.43. The number of nitrogens with zero attached hydrogens (tertiary/aromatic N) is 1. The van der Waals surface area contributed by atoms with Crippen molar-refractivity contribution >= 4 is 11.8 Å². The minimum atomic E-state index is -0.233. The molecule has 2 aliphatic rings. The van der Waals surface area contributed by atoms with Gasteiger partial charge in [0.1, 0.15) is 13.2 Å². The summed E-state index contributed by atoms with van der Waals surface area (Å²) >= 11 is 0. The van der Waals surface area contributed by atoms with Crippen LogP contribution in [-0.4, -0.2) is 56.1 Å². The minimum absolute atomic E-state index is 0.00932. The van der Waals surface area contributed by atoms with Crippen LogP contribution in [0, 0.1) is 5.92 Å². The predicted octanol–water partition coefficient (Wildman–Crippen LogP) is 0.314. The van der Waals surface area contributed by atoms with E-state index in [0.717, 1.165) is 49.4 Å². The maximum Gasteiger partial charge on any atom is 0.234 e. The van der Waals surface area contributed by atoms with E-state index in [1.807, 2.05) is 18.2 Å². The Morgan fingerprint density at radius 3 is 2.60 bits per heavy atom. The molecule has 2 aliphatic heterocycles. The molecule has 0 atom stereocenters. The van der Waals surface area contributed by atoms with Crippen LogP contribution in [0.1, 0.15) is 18.4 Å². The summed E-state index contributed by atoms with van der Waals surface area (Å²) in [5.74, 6) is 1.28. The summed E-state index contributed by atoms with van der Waals surface area (Å²) in [6.07, 6.45) is 2.21. The van der Waals surface area contributed by atoms with Crippen molar-refractivity contribution in [3.05, 3.63) is 23.8 Å². The number of primary amides is 1. The zero-order valence-electron chi connectivity index (χ0n) is 14.3. The highest BCUT2D eigenvalue weighted by atomic mass is 16.6. The van der Waals surface area contributed by atoms with Crippen molar-refractivity contribution in [1.82, 2.24) is 10.2 Å². The molecule has 25 heavy (non-hydrogen) atoms. The minimum Gasteiger partial charge on any atom is -0.486 e. The molecule has 0 aliphatic carbocycles. The van der Waals surface area contributed by atoms with E-state index in [9.17, 15) is 9.59 Å². The first-order valence-electron chi connectivity index (χ1n) is 8.79. The Morgan fingerprint density at radius 2 is 1.88 bits per heavy atom. The third-order valence-electron chi connectivity index (χ3n) is 4.70. The molecular formula is C18H25N3O4. The SMILES string of the molecule is NC(=O)C1CCN(CC(=O)NCCc2ccc3c(c2)OCCO3)CC1. The van der Waals surface area contributed by atoms with E-state index in [4.69, 9.17) is 15.2 Å². The average Bonchev–Trinajstić information content (AvgIpc) is 2.62. The molecule has 0 saturated carbocycles. The second-order valence-electron chi connectivity index (χ2n) is 6.53. The van der Waals surface area contributed by atoms with E-state index in [1.165, 1.54) is 0 Å². The molecule has 0 unspecified atom stereocenters. The molecule has 136 valence electrons. The van der Waals surface area contributed by atoms with Gasteiger partial charge in [0, 0.05) is 12.5 Å². The molecule has 7 nitrogen and oxygen atoms in total. The van der Waals surface area contributed by atoms with Gasteiger partial charge in [-0.25, -0.2) is 0 Å². The zero-order valence-corrected chi connectivity index (χ0v) is 14.3. The van der Waals surface area contributed by atoms with Crippen molar-refractivity contribution in [2.45, 2.75) is 19.3 Å². The molecule has 3 rings (SSSR count). The van der Waals surface area contributed by atoms with Gasteiger partial charge in [0.05, 0.1) is 6.54 Å². The van der Waals surface area contributed by atoms with Crippen LogP contribution < -0.4 is 20.5 Å². The first kappa shape index (κ1) is 17.5. The number of hydrogen-bond acceptors (Lipinski definition) is 5. The standard InChI is InChI=1S/C18H25N3O4/c19-18(23)14-4-7-21(8-5-14)12-17(22)20-6-3-13-1-2-15-16(11-13)25-10-9-24-15/h1-2,11,14H,3-10,12H2,(H2,19,23)(H,20,22). The van der Waals surface area contributed by atoms with Gasteiger partial charge in [-0.15, -0.1) is 0 Å². The van der Waals surface area contributed by atoms with Crippen LogP contribution in [0.3, 0.4) is 0 Å². The van der Waals surface area contributed by atoms with Crippen LogP contribution in [0.4, 0.5) is 0 Å². The number of nitrogens with one attached hydrogen (secondary N) is 1. The van der Waals surface area contributed by atoms with Crippen molar-refractivity contribution in [2.24, 2.45) is 11.7 Å². The number of rotatable bonds is 6. The number of benzene rings is 1. The number of piperidine rings is 1. The maximum absolute atomic E-state index is 12.1. The van der Waals surface area contributed by atoms with Gasteiger partial charge in [-0.3, -0.25) is 14.5 Å². The topological polar surface area (TPSA) is 93.9 Å². The monoisotopic (exact) mass is 347 g/mol. The van der Waals surface area contributed by atoms with Gasteiger partial charge < -0.3 is 20.5 Å². The van der Waals surface area contributed by atoms with Gasteiger partial charge in [-0.2, -0.15) is 0 Å². The first-order valence-corrected chi connectivity index (χ1v) is 8.79. The number of carbonyl (C=O) groups excluding carboxylic acids is 2. The summed E-state index contributed by atoms with van der Waals surface area (Å²) in [4.78, 5) is 25.3. The molecule has 0 spiro atoms. The van der Waals surface area contributed by atoms with Crippen LogP contribution in [0.5, 0.6) is 11.5 Å². The number of nitrogens with two attached hydrogens (primary N) is 1. The number of amides is 2. The number of fused-ring (bicyclic) bond motifs is 1. The summed E-state index contributed by atoms with van der Waals surface area (Å²) in [6.45, 7) is 3.58. The third-order valence-corrected chi connectivity index (χ3v) is 4.70. The van der Waals surface area contributed by atoms with Crippen molar-refractivity contribution in [3.8, 4) is 11.5 Å². The second-order valence-corrected chi connectivity index (χ2v) is 6.53. The van der Waals surface area contributed by atoms with Crippen molar-refractivity contribution in [2.75, 3.05) is 39.4 Å². The Morgan fingerprint density at radius 1 is 1.16 bits per heavy atom. The number of ether oxygens (including phenoxy) is 2. The highest BCUT2D eigenvalue weighted by Crippen LogP contribution is 2.30. The highest BCUT2D eigenvalue weighted by molar-refractivity contribution is 5.78. The van der Waals surface area contributed by atoms with Crippen LogP contribution in [0.2, 0.25) is 0 Å². The van der Waals surface area contributed by atoms with E-state index in [-0.39, 0.29) is 17.7 Å². The molecule has 0 bridgehead atoms. The largest absolute Gasteiger partial charge is 0.486 e. The Balaban J connectivity index is 1.37. The third kappa shape index (κ3) is 4.85. The van der Waals surface area contributed by atoms with Crippen molar-refractivity contribution < 1.29 is 19.1 Å². The van der Waals surface area contributed by atoms with E-state index in [2.05, 4.69) is 10.2 Å². The molecule has 3 N–H and O–H groups in total. The van der Waals surface area contributed by atoms with Crippen LogP contribution in [-0.2, 0) is 16.0 Å². The molecule has 2 amide bonds. The van der Waals surface area contributed by atoms with E-state index < -0.39 is 0 Å². The molecule has 1 fully saturated rings. The molecule has 1 saturated heterocycles. The fourth-order valence-electron chi connectivity index (χ4n) is 3.22. The average molecular weight is 347 g/mol. The molecule has 7 heteroatoms. The Kier molecular flexibility index (Phi) is 5.75. The molecule has 1 aromatic carbocycles. The fourth-order valence-corrected chi connectivity index (χ4v) is 3.22. The van der Waals surface area contributed by atoms with Crippen molar-refractivity contribution in [3.63, 3.8) is 0 Å². The van der Waals surface area contributed by atoms with Crippen LogP contribution in [0.25, 0.3) is 0 Å². The van der Waals surface area contributed by atoms with Gasteiger partial charge in [0.2, 0.25) is 11.8 Å². The lowest BCUT2D eigenvalue weighted by Crippen LogP contribution is -2.43. The number of carbonyl (C=O) groups is 2. The van der Waals surface area contributed by atoms with Gasteiger partial charge in [-0.05, 0) is 50.0 Å². The van der Waals surface area contributed by atoms with Crippen LogP contribution >= 0.6 is 0 Å².